The molecule has 0 saturated carbocycles. The maximum Gasteiger partial charge on any atom is 0.224 e. The van der Waals surface area contributed by atoms with Crippen LogP contribution in [-0.4, -0.2) is 13.0 Å². The molecule has 1 unspecified atom stereocenters. The summed E-state index contributed by atoms with van der Waals surface area (Å²) in [6.07, 6.45) is 0.389. The molecule has 0 saturated heterocycles. The van der Waals surface area contributed by atoms with Crippen molar-refractivity contribution >= 4 is 38.9 Å². The van der Waals surface area contributed by atoms with Crippen molar-refractivity contribution in [3.8, 4) is 0 Å². The van der Waals surface area contributed by atoms with E-state index in [1.54, 1.807) is 18.4 Å². The van der Waals surface area contributed by atoms with Crippen molar-refractivity contribution in [1.29, 1.82) is 0 Å². The molecule has 1 atom stereocenters. The number of carbonyl (C=O) groups is 1. The van der Waals surface area contributed by atoms with Gasteiger partial charge in [0.25, 0.3) is 0 Å². The lowest BCUT2D eigenvalue weighted by atomic mass is 10.1. The Kier molecular flexibility index (Phi) is 5.20. The van der Waals surface area contributed by atoms with E-state index in [2.05, 4.69) is 45.6 Å². The fourth-order valence-corrected chi connectivity index (χ4v) is 3.37. The monoisotopic (exact) mass is 352 g/mol. The van der Waals surface area contributed by atoms with Crippen molar-refractivity contribution in [2.45, 2.75) is 19.4 Å². The summed E-state index contributed by atoms with van der Waals surface area (Å²) in [5.74, 6) is 0.0192. The van der Waals surface area contributed by atoms with Gasteiger partial charge in [0.05, 0.1) is 16.2 Å². The molecule has 2 rings (SSSR count). The number of hydrogen-bond donors (Lipinski definition) is 2. The zero-order valence-corrected chi connectivity index (χ0v) is 13.8. The first kappa shape index (κ1) is 15.1. The Morgan fingerprint density at radius 2 is 2.05 bits per heavy atom. The minimum absolute atomic E-state index is 0.0192. The first-order valence-electron chi connectivity index (χ1n) is 6.40. The minimum Gasteiger partial charge on any atom is -0.377 e. The summed E-state index contributed by atoms with van der Waals surface area (Å²) < 4.78 is 1.12. The van der Waals surface area contributed by atoms with Crippen LogP contribution in [0.5, 0.6) is 0 Å². The number of amides is 1. The molecule has 1 aromatic heterocycles. The Morgan fingerprint density at radius 1 is 1.30 bits per heavy atom. The summed E-state index contributed by atoms with van der Waals surface area (Å²) in [5.41, 5.74) is 2.02. The van der Waals surface area contributed by atoms with Crippen LogP contribution in [-0.2, 0) is 11.2 Å². The van der Waals surface area contributed by atoms with Gasteiger partial charge in [0.1, 0.15) is 0 Å². The van der Waals surface area contributed by atoms with Crippen LogP contribution in [0.3, 0.4) is 0 Å². The van der Waals surface area contributed by atoms with E-state index in [4.69, 9.17) is 0 Å². The third-order valence-corrected chi connectivity index (χ3v) is 4.85. The summed E-state index contributed by atoms with van der Waals surface area (Å²) >= 11 is 5.19. The average molecular weight is 353 g/mol. The summed E-state index contributed by atoms with van der Waals surface area (Å²) in [5, 5.41) is 6.14. The normalized spacial score (nSPS) is 11.9. The van der Waals surface area contributed by atoms with Gasteiger partial charge in [-0.2, -0.15) is 0 Å². The summed E-state index contributed by atoms with van der Waals surface area (Å²) in [7, 11) is 1.66. The number of likely N-dealkylation sites (N-methyl/N-ethyl adjacent to an activating group) is 1. The SMILES string of the molecule is CNC(=O)Cc1ccccc1NC(C)c1ccc(Br)s1. The Balaban J connectivity index is 2.14. The second kappa shape index (κ2) is 6.90. The van der Waals surface area contributed by atoms with Crippen LogP contribution < -0.4 is 10.6 Å². The Bertz CT molecular complexity index is 597. The summed E-state index contributed by atoms with van der Waals surface area (Å²) in [6, 6.07) is 12.3. The maximum atomic E-state index is 11.5. The number of halogens is 1. The highest BCUT2D eigenvalue weighted by atomic mass is 79.9. The molecule has 0 fully saturated rings. The summed E-state index contributed by atoms with van der Waals surface area (Å²) in [4.78, 5) is 12.8. The van der Waals surface area contributed by atoms with E-state index in [1.807, 2.05) is 24.3 Å². The molecule has 0 radical (unpaired) electrons. The molecule has 1 heterocycles. The molecule has 1 aromatic carbocycles. The van der Waals surface area contributed by atoms with Gasteiger partial charge in [-0.3, -0.25) is 4.79 Å². The molecule has 0 aliphatic heterocycles. The predicted molar refractivity (Wildman–Crippen MR) is 88.3 cm³/mol. The van der Waals surface area contributed by atoms with Crippen LogP contribution >= 0.6 is 27.3 Å². The number of hydrogen-bond acceptors (Lipinski definition) is 3. The van der Waals surface area contributed by atoms with Crippen molar-refractivity contribution in [2.24, 2.45) is 0 Å². The van der Waals surface area contributed by atoms with E-state index < -0.39 is 0 Å². The van der Waals surface area contributed by atoms with Crippen LogP contribution in [0.1, 0.15) is 23.4 Å². The largest absolute Gasteiger partial charge is 0.377 e. The van der Waals surface area contributed by atoms with Crippen LogP contribution in [0.15, 0.2) is 40.2 Å². The molecular weight excluding hydrogens is 336 g/mol. The maximum absolute atomic E-state index is 11.5. The minimum atomic E-state index is 0.0192. The number of benzene rings is 1. The first-order chi connectivity index (χ1) is 9.60. The van der Waals surface area contributed by atoms with Gasteiger partial charge in [0.15, 0.2) is 0 Å². The first-order valence-corrected chi connectivity index (χ1v) is 8.01. The van der Waals surface area contributed by atoms with Crippen LogP contribution in [0.25, 0.3) is 0 Å². The van der Waals surface area contributed by atoms with Crippen LogP contribution in [0.2, 0.25) is 0 Å². The van der Waals surface area contributed by atoms with Crippen molar-refractivity contribution < 1.29 is 4.79 Å². The lowest BCUT2D eigenvalue weighted by Crippen LogP contribution is -2.20. The molecule has 106 valence electrons. The fraction of sp³-hybridized carbons (Fsp3) is 0.267. The van der Waals surface area contributed by atoms with Crippen molar-refractivity contribution in [1.82, 2.24) is 5.32 Å². The van der Waals surface area contributed by atoms with Gasteiger partial charge in [0, 0.05) is 17.6 Å². The standard InChI is InChI=1S/C15H17BrN2OS/c1-10(13-7-8-14(16)20-13)18-12-6-4-3-5-11(12)9-15(19)17-2/h3-8,10,18H,9H2,1-2H3,(H,17,19). The fourth-order valence-electron chi connectivity index (χ4n) is 1.94. The average Bonchev–Trinajstić information content (AvgIpc) is 2.87. The van der Waals surface area contributed by atoms with Gasteiger partial charge in [-0.05, 0) is 46.6 Å². The lowest BCUT2D eigenvalue weighted by Gasteiger charge is -2.17. The van der Waals surface area contributed by atoms with E-state index in [0.717, 1.165) is 15.0 Å². The molecular formula is C15H17BrN2OS. The van der Waals surface area contributed by atoms with Crippen LogP contribution in [0.4, 0.5) is 5.69 Å². The topological polar surface area (TPSA) is 41.1 Å². The van der Waals surface area contributed by atoms with E-state index >= 15 is 0 Å². The van der Waals surface area contributed by atoms with E-state index in [-0.39, 0.29) is 11.9 Å². The molecule has 1 amide bonds. The molecule has 20 heavy (non-hydrogen) atoms. The molecule has 0 spiro atoms. The van der Waals surface area contributed by atoms with Gasteiger partial charge in [-0.15, -0.1) is 11.3 Å². The van der Waals surface area contributed by atoms with Crippen molar-refractivity contribution in [3.05, 3.63) is 50.6 Å². The zero-order valence-electron chi connectivity index (χ0n) is 11.4. The Labute approximate surface area is 131 Å². The van der Waals surface area contributed by atoms with Gasteiger partial charge >= 0.3 is 0 Å². The molecule has 0 aliphatic carbocycles. The number of para-hydroxylation sites is 1. The van der Waals surface area contributed by atoms with Crippen LogP contribution in [0, 0.1) is 0 Å². The highest BCUT2D eigenvalue weighted by Crippen LogP contribution is 2.30. The summed E-state index contributed by atoms with van der Waals surface area (Å²) in [6.45, 7) is 2.12. The van der Waals surface area contributed by atoms with Gasteiger partial charge in [-0.25, -0.2) is 0 Å². The quantitative estimate of drug-likeness (QED) is 0.854. The highest BCUT2D eigenvalue weighted by molar-refractivity contribution is 9.11. The van der Waals surface area contributed by atoms with Crippen molar-refractivity contribution in [3.63, 3.8) is 0 Å². The van der Waals surface area contributed by atoms with Gasteiger partial charge in [0.2, 0.25) is 5.91 Å². The van der Waals surface area contributed by atoms with E-state index in [1.165, 1.54) is 4.88 Å². The second-order valence-corrected chi connectivity index (χ2v) is 7.01. The number of thiophene rings is 1. The molecule has 2 aromatic rings. The number of anilines is 1. The predicted octanol–water partition coefficient (Wildman–Crippen LogP) is 3.97. The van der Waals surface area contributed by atoms with E-state index in [9.17, 15) is 4.79 Å². The van der Waals surface area contributed by atoms with E-state index in [0.29, 0.717) is 6.42 Å². The van der Waals surface area contributed by atoms with Gasteiger partial charge in [-0.1, -0.05) is 18.2 Å². The number of carbonyl (C=O) groups excluding carboxylic acids is 1. The Morgan fingerprint density at radius 3 is 2.70 bits per heavy atom. The molecule has 3 nitrogen and oxygen atoms in total. The van der Waals surface area contributed by atoms with Gasteiger partial charge < -0.3 is 10.6 Å². The number of rotatable bonds is 5. The highest BCUT2D eigenvalue weighted by Gasteiger charge is 2.11. The third kappa shape index (κ3) is 3.84. The number of nitrogens with one attached hydrogen (secondary N) is 2. The molecule has 0 bridgehead atoms. The molecule has 5 heteroatoms. The van der Waals surface area contributed by atoms with Crippen molar-refractivity contribution in [2.75, 3.05) is 12.4 Å². The third-order valence-electron chi connectivity index (χ3n) is 3.04. The molecule has 0 aliphatic rings. The lowest BCUT2D eigenvalue weighted by molar-refractivity contribution is -0.119. The molecule has 2 N–H and O–H groups in total. The second-order valence-electron chi connectivity index (χ2n) is 4.52. The Hall–Kier alpha value is -1.33. The smallest absolute Gasteiger partial charge is 0.224 e. The zero-order chi connectivity index (χ0) is 14.5.